The van der Waals surface area contributed by atoms with E-state index in [1.54, 1.807) is 11.8 Å². The highest BCUT2D eigenvalue weighted by Gasteiger charge is 2.22. The van der Waals surface area contributed by atoms with E-state index in [4.69, 9.17) is 4.74 Å². The summed E-state index contributed by atoms with van der Waals surface area (Å²) in [5.74, 6) is 0.798. The van der Waals surface area contributed by atoms with Gasteiger partial charge in [0.2, 0.25) is 0 Å². The van der Waals surface area contributed by atoms with Crippen molar-refractivity contribution >= 4 is 17.9 Å². The molecule has 1 atom stereocenters. The summed E-state index contributed by atoms with van der Waals surface area (Å²) < 4.78 is 5.09. The van der Waals surface area contributed by atoms with Gasteiger partial charge in [-0.1, -0.05) is 19.1 Å². The summed E-state index contributed by atoms with van der Waals surface area (Å²) in [6, 6.07) is 8.53. The second-order valence-electron chi connectivity index (χ2n) is 4.54. The second-order valence-corrected chi connectivity index (χ2v) is 5.63. The molecule has 1 aromatic carbocycles. The van der Waals surface area contributed by atoms with Gasteiger partial charge in [0.05, 0.1) is 6.54 Å². The number of carbonyl (C=O) groups is 1. The van der Waals surface area contributed by atoms with Crippen LogP contribution in [0.25, 0.3) is 0 Å². The molecule has 5 heteroatoms. The molecule has 1 aromatic rings. The standard InChI is InChI=1S/C14H20N2O2S/c1-2-7-15-8-11-3-5-13(6-4-11)19-10-12-9-16-14(17)18-12/h3-6,12,15H,2,7-10H2,1H3,(H,16,17). The van der Waals surface area contributed by atoms with E-state index in [0.29, 0.717) is 6.54 Å². The van der Waals surface area contributed by atoms with Crippen LogP contribution < -0.4 is 10.6 Å². The molecule has 0 radical (unpaired) electrons. The van der Waals surface area contributed by atoms with Gasteiger partial charge in [-0.25, -0.2) is 4.79 Å². The van der Waals surface area contributed by atoms with Crippen molar-refractivity contribution in [2.45, 2.75) is 30.9 Å². The third-order valence-corrected chi connectivity index (χ3v) is 4.01. The van der Waals surface area contributed by atoms with Crippen molar-refractivity contribution in [1.29, 1.82) is 0 Å². The van der Waals surface area contributed by atoms with E-state index in [-0.39, 0.29) is 12.2 Å². The summed E-state index contributed by atoms with van der Waals surface area (Å²) in [7, 11) is 0. The number of rotatable bonds is 7. The van der Waals surface area contributed by atoms with Crippen LogP contribution in [0.1, 0.15) is 18.9 Å². The number of alkyl carbamates (subject to hydrolysis) is 1. The fraction of sp³-hybridized carbons (Fsp3) is 0.500. The van der Waals surface area contributed by atoms with Crippen molar-refractivity contribution in [3.63, 3.8) is 0 Å². The smallest absolute Gasteiger partial charge is 0.407 e. The highest BCUT2D eigenvalue weighted by atomic mass is 32.2. The Hall–Kier alpha value is -1.20. The molecule has 0 aliphatic carbocycles. The average Bonchev–Trinajstić information content (AvgIpc) is 2.84. The van der Waals surface area contributed by atoms with Crippen LogP contribution in [-0.2, 0) is 11.3 Å². The molecule has 2 rings (SSSR count). The minimum Gasteiger partial charge on any atom is -0.443 e. The molecule has 1 aliphatic rings. The maximum Gasteiger partial charge on any atom is 0.407 e. The number of amides is 1. The predicted octanol–water partition coefficient (Wildman–Crippen LogP) is 2.39. The Labute approximate surface area is 118 Å². The minimum atomic E-state index is -0.303. The Kier molecular flexibility index (Phi) is 5.54. The number of cyclic esters (lactones) is 1. The molecular formula is C14H20N2O2S. The lowest BCUT2D eigenvalue weighted by Gasteiger charge is -2.08. The maximum atomic E-state index is 10.9. The molecule has 4 nitrogen and oxygen atoms in total. The van der Waals surface area contributed by atoms with Gasteiger partial charge in [0.15, 0.2) is 0 Å². The first-order valence-corrected chi connectivity index (χ1v) is 7.63. The molecule has 1 amide bonds. The topological polar surface area (TPSA) is 50.4 Å². The number of nitrogens with one attached hydrogen (secondary N) is 2. The molecule has 1 heterocycles. The zero-order valence-electron chi connectivity index (χ0n) is 11.1. The quantitative estimate of drug-likeness (QED) is 0.595. The molecular weight excluding hydrogens is 260 g/mol. The van der Waals surface area contributed by atoms with Crippen LogP contribution in [0, 0.1) is 0 Å². The van der Waals surface area contributed by atoms with Gasteiger partial charge in [0.25, 0.3) is 0 Å². The van der Waals surface area contributed by atoms with Crippen LogP contribution in [0.2, 0.25) is 0 Å². The lowest BCUT2D eigenvalue weighted by Crippen LogP contribution is -2.16. The highest BCUT2D eigenvalue weighted by Crippen LogP contribution is 2.21. The van der Waals surface area contributed by atoms with Gasteiger partial charge in [0.1, 0.15) is 6.10 Å². The number of thioether (sulfide) groups is 1. The molecule has 104 valence electrons. The van der Waals surface area contributed by atoms with Crippen LogP contribution in [-0.4, -0.2) is 31.0 Å². The van der Waals surface area contributed by atoms with Gasteiger partial charge in [0, 0.05) is 17.2 Å². The summed E-state index contributed by atoms with van der Waals surface area (Å²) in [4.78, 5) is 12.1. The third-order valence-electron chi connectivity index (χ3n) is 2.86. The average molecular weight is 280 g/mol. The van der Waals surface area contributed by atoms with Crippen molar-refractivity contribution in [2.24, 2.45) is 0 Å². The Balaban J connectivity index is 1.73. The summed E-state index contributed by atoms with van der Waals surface area (Å²) >= 11 is 1.72. The number of carbonyl (C=O) groups excluding carboxylic acids is 1. The SMILES string of the molecule is CCCNCc1ccc(SCC2CNC(=O)O2)cc1. The van der Waals surface area contributed by atoms with E-state index in [0.717, 1.165) is 25.3 Å². The Morgan fingerprint density at radius 1 is 1.42 bits per heavy atom. The summed E-state index contributed by atoms with van der Waals surface area (Å²) in [6.45, 7) is 4.75. The lowest BCUT2D eigenvalue weighted by atomic mass is 10.2. The first-order valence-electron chi connectivity index (χ1n) is 6.65. The summed E-state index contributed by atoms with van der Waals surface area (Å²) in [5.41, 5.74) is 1.30. The number of hydrogen-bond donors (Lipinski definition) is 2. The number of ether oxygens (including phenoxy) is 1. The zero-order chi connectivity index (χ0) is 13.5. The van der Waals surface area contributed by atoms with Crippen LogP contribution in [0.4, 0.5) is 4.79 Å². The molecule has 2 N–H and O–H groups in total. The van der Waals surface area contributed by atoms with Crippen molar-refractivity contribution in [1.82, 2.24) is 10.6 Å². The van der Waals surface area contributed by atoms with Gasteiger partial charge in [-0.05, 0) is 30.7 Å². The third kappa shape index (κ3) is 4.76. The Morgan fingerprint density at radius 3 is 2.84 bits per heavy atom. The van der Waals surface area contributed by atoms with Gasteiger partial charge >= 0.3 is 6.09 Å². The van der Waals surface area contributed by atoms with Crippen LogP contribution in [0.15, 0.2) is 29.2 Å². The van der Waals surface area contributed by atoms with Crippen molar-refractivity contribution in [3.8, 4) is 0 Å². The molecule has 1 aliphatic heterocycles. The molecule has 19 heavy (non-hydrogen) atoms. The van der Waals surface area contributed by atoms with Gasteiger partial charge < -0.3 is 15.4 Å². The first kappa shape index (κ1) is 14.2. The van der Waals surface area contributed by atoms with Crippen molar-refractivity contribution in [2.75, 3.05) is 18.8 Å². The van der Waals surface area contributed by atoms with E-state index in [1.165, 1.54) is 10.5 Å². The molecule has 1 unspecified atom stereocenters. The van der Waals surface area contributed by atoms with Crippen molar-refractivity contribution in [3.05, 3.63) is 29.8 Å². The van der Waals surface area contributed by atoms with Crippen LogP contribution in [0.3, 0.4) is 0 Å². The monoisotopic (exact) mass is 280 g/mol. The van der Waals surface area contributed by atoms with Crippen molar-refractivity contribution < 1.29 is 9.53 Å². The predicted molar refractivity (Wildman–Crippen MR) is 77.4 cm³/mol. The molecule has 0 bridgehead atoms. The van der Waals surface area contributed by atoms with Gasteiger partial charge in [-0.15, -0.1) is 11.8 Å². The number of benzene rings is 1. The number of hydrogen-bond acceptors (Lipinski definition) is 4. The normalized spacial score (nSPS) is 18.2. The molecule has 1 fully saturated rings. The van der Waals surface area contributed by atoms with Gasteiger partial charge in [-0.3, -0.25) is 0 Å². The zero-order valence-corrected chi connectivity index (χ0v) is 12.0. The van der Waals surface area contributed by atoms with Crippen LogP contribution in [0.5, 0.6) is 0 Å². The van der Waals surface area contributed by atoms with E-state index in [2.05, 4.69) is 41.8 Å². The Morgan fingerprint density at radius 2 is 2.21 bits per heavy atom. The highest BCUT2D eigenvalue weighted by molar-refractivity contribution is 7.99. The van der Waals surface area contributed by atoms with E-state index >= 15 is 0 Å². The van der Waals surface area contributed by atoms with E-state index in [1.807, 2.05) is 0 Å². The largest absolute Gasteiger partial charge is 0.443 e. The van der Waals surface area contributed by atoms with Gasteiger partial charge in [-0.2, -0.15) is 0 Å². The van der Waals surface area contributed by atoms with Crippen LogP contribution >= 0.6 is 11.8 Å². The lowest BCUT2D eigenvalue weighted by molar-refractivity contribution is 0.150. The van der Waals surface area contributed by atoms with E-state index in [9.17, 15) is 4.79 Å². The molecule has 0 spiro atoms. The first-order chi connectivity index (χ1) is 9.28. The fourth-order valence-corrected chi connectivity index (χ4v) is 2.72. The van der Waals surface area contributed by atoms with E-state index < -0.39 is 0 Å². The minimum absolute atomic E-state index is 0.0107. The fourth-order valence-electron chi connectivity index (χ4n) is 1.83. The molecule has 0 saturated carbocycles. The summed E-state index contributed by atoms with van der Waals surface area (Å²) in [5, 5.41) is 6.04. The maximum absolute atomic E-state index is 10.9. The summed E-state index contributed by atoms with van der Waals surface area (Å²) in [6.07, 6.45) is 0.841. The second kappa shape index (κ2) is 7.40. The molecule has 0 aromatic heterocycles. The Bertz CT molecular complexity index is 408. The molecule has 1 saturated heterocycles.